The van der Waals surface area contributed by atoms with Crippen molar-refractivity contribution in [2.75, 3.05) is 0 Å². The summed E-state index contributed by atoms with van der Waals surface area (Å²) in [6, 6.07) is 11.5. The highest BCUT2D eigenvalue weighted by atomic mass is 32.2. The van der Waals surface area contributed by atoms with Gasteiger partial charge in [-0.15, -0.1) is 0 Å². The van der Waals surface area contributed by atoms with Crippen LogP contribution in [0.15, 0.2) is 59.0 Å². The summed E-state index contributed by atoms with van der Waals surface area (Å²) in [6.07, 6.45) is 3.09. The zero-order valence-corrected chi connectivity index (χ0v) is 13.4. The lowest BCUT2D eigenvalue weighted by Crippen LogP contribution is -1.96. The highest BCUT2D eigenvalue weighted by molar-refractivity contribution is 7.99. The maximum atomic E-state index is 10.8. The van der Waals surface area contributed by atoms with Gasteiger partial charge in [0.2, 0.25) is 0 Å². The Balaban J connectivity index is 1.90. The number of aromatic nitrogens is 3. The normalized spacial score (nSPS) is 10.7. The van der Waals surface area contributed by atoms with Gasteiger partial charge in [-0.3, -0.25) is 10.1 Å². The van der Waals surface area contributed by atoms with Crippen molar-refractivity contribution >= 4 is 17.4 Å². The Bertz CT molecular complexity index is 862. The third-order valence-corrected chi connectivity index (χ3v) is 4.61. The number of nitro groups is 1. The van der Waals surface area contributed by atoms with Gasteiger partial charge in [-0.2, -0.15) is 0 Å². The Labute approximate surface area is 137 Å². The molecule has 2 heterocycles. The first kappa shape index (κ1) is 15.2. The number of pyridine rings is 1. The number of aryl methyl sites for hydroxylation is 1. The van der Waals surface area contributed by atoms with Crippen LogP contribution in [-0.2, 0) is 7.05 Å². The van der Waals surface area contributed by atoms with E-state index < -0.39 is 4.92 Å². The van der Waals surface area contributed by atoms with Crippen molar-refractivity contribution in [2.24, 2.45) is 7.05 Å². The maximum Gasteiger partial charge on any atom is 0.287 e. The topological polar surface area (TPSA) is 73.8 Å². The number of hydrogen-bond acceptors (Lipinski definition) is 5. The molecule has 3 rings (SSSR count). The highest BCUT2D eigenvalue weighted by Gasteiger charge is 2.14. The zero-order valence-electron chi connectivity index (χ0n) is 12.6. The predicted molar refractivity (Wildman–Crippen MR) is 88.4 cm³/mol. The zero-order chi connectivity index (χ0) is 16.4. The third-order valence-electron chi connectivity index (χ3n) is 3.43. The van der Waals surface area contributed by atoms with E-state index >= 15 is 0 Å². The van der Waals surface area contributed by atoms with Crippen molar-refractivity contribution in [3.05, 3.63) is 64.5 Å². The minimum Gasteiger partial charge on any atom is -0.322 e. The number of rotatable bonds is 4. The van der Waals surface area contributed by atoms with E-state index in [1.807, 2.05) is 55.1 Å². The van der Waals surface area contributed by atoms with Gasteiger partial charge in [0.15, 0.2) is 5.16 Å². The molecule has 3 aromatic rings. The van der Waals surface area contributed by atoms with Crippen LogP contribution >= 0.6 is 11.8 Å². The number of hydrogen-bond donors (Lipinski definition) is 0. The molecule has 0 atom stereocenters. The number of benzene rings is 1. The smallest absolute Gasteiger partial charge is 0.287 e. The van der Waals surface area contributed by atoms with E-state index in [9.17, 15) is 10.1 Å². The molecule has 0 unspecified atom stereocenters. The fraction of sp³-hybridized carbons (Fsp3) is 0.125. The van der Waals surface area contributed by atoms with Crippen LogP contribution in [0.25, 0.3) is 11.3 Å². The minimum atomic E-state index is -0.442. The molecule has 2 aromatic heterocycles. The molecule has 1 aromatic carbocycles. The molecule has 0 N–H and O–H groups in total. The van der Waals surface area contributed by atoms with Crippen LogP contribution in [0.1, 0.15) is 5.56 Å². The van der Waals surface area contributed by atoms with Crippen LogP contribution in [0.3, 0.4) is 0 Å². The van der Waals surface area contributed by atoms with E-state index in [1.165, 1.54) is 24.0 Å². The van der Waals surface area contributed by atoms with Crippen molar-refractivity contribution in [3.8, 4) is 11.3 Å². The average molecular weight is 326 g/mol. The van der Waals surface area contributed by atoms with E-state index in [2.05, 4.69) is 9.97 Å². The molecule has 0 spiro atoms. The van der Waals surface area contributed by atoms with Gasteiger partial charge in [0.1, 0.15) is 11.2 Å². The van der Waals surface area contributed by atoms with Gasteiger partial charge >= 0.3 is 0 Å². The van der Waals surface area contributed by atoms with E-state index in [0.29, 0.717) is 5.03 Å². The highest BCUT2D eigenvalue weighted by Crippen LogP contribution is 2.31. The molecule has 0 bridgehead atoms. The SMILES string of the molecule is Cc1cc([N+](=O)[O-])cnc1Sc1ncc(-c2ccccc2)n1C. The second-order valence-corrected chi connectivity index (χ2v) is 5.98. The Morgan fingerprint density at radius 3 is 2.57 bits per heavy atom. The molecule has 0 saturated heterocycles. The summed E-state index contributed by atoms with van der Waals surface area (Å²) in [7, 11) is 1.94. The summed E-state index contributed by atoms with van der Waals surface area (Å²) in [5.41, 5.74) is 2.85. The van der Waals surface area contributed by atoms with Gasteiger partial charge in [-0.1, -0.05) is 30.3 Å². The number of imidazole rings is 1. The van der Waals surface area contributed by atoms with E-state index in [4.69, 9.17) is 0 Å². The van der Waals surface area contributed by atoms with Crippen molar-refractivity contribution < 1.29 is 4.92 Å². The largest absolute Gasteiger partial charge is 0.322 e. The summed E-state index contributed by atoms with van der Waals surface area (Å²) >= 11 is 1.39. The standard InChI is InChI=1S/C16H14N4O2S/c1-11-8-13(20(21)22)9-17-15(11)23-16-18-10-14(19(16)2)12-6-4-3-5-7-12/h3-10H,1-2H3. The fourth-order valence-corrected chi connectivity index (χ4v) is 3.04. The van der Waals surface area contributed by atoms with Gasteiger partial charge in [0, 0.05) is 13.1 Å². The molecule has 0 amide bonds. The predicted octanol–water partition coefficient (Wildman–Crippen LogP) is 3.85. The second kappa shape index (κ2) is 6.21. The van der Waals surface area contributed by atoms with Gasteiger partial charge in [-0.05, 0) is 29.8 Å². The van der Waals surface area contributed by atoms with Crippen molar-refractivity contribution in [1.82, 2.24) is 14.5 Å². The summed E-state index contributed by atoms with van der Waals surface area (Å²) in [6.45, 7) is 1.81. The summed E-state index contributed by atoms with van der Waals surface area (Å²) < 4.78 is 1.99. The molecule has 0 aliphatic carbocycles. The van der Waals surface area contributed by atoms with Crippen LogP contribution in [-0.4, -0.2) is 19.5 Å². The molecule has 23 heavy (non-hydrogen) atoms. The van der Waals surface area contributed by atoms with Crippen LogP contribution in [0.5, 0.6) is 0 Å². The Morgan fingerprint density at radius 1 is 1.17 bits per heavy atom. The first-order chi connectivity index (χ1) is 11.1. The molecular weight excluding hydrogens is 312 g/mol. The fourth-order valence-electron chi connectivity index (χ4n) is 2.21. The van der Waals surface area contributed by atoms with Crippen molar-refractivity contribution in [2.45, 2.75) is 17.1 Å². The monoisotopic (exact) mass is 326 g/mol. The summed E-state index contributed by atoms with van der Waals surface area (Å²) in [5, 5.41) is 12.3. The molecular formula is C16H14N4O2S. The van der Waals surface area contributed by atoms with Gasteiger partial charge in [-0.25, -0.2) is 9.97 Å². The Morgan fingerprint density at radius 2 is 1.91 bits per heavy atom. The molecule has 0 saturated carbocycles. The molecule has 0 aliphatic rings. The first-order valence-electron chi connectivity index (χ1n) is 6.92. The van der Waals surface area contributed by atoms with E-state index in [0.717, 1.165) is 22.0 Å². The van der Waals surface area contributed by atoms with Crippen molar-refractivity contribution in [1.29, 1.82) is 0 Å². The Hall–Kier alpha value is -2.67. The lowest BCUT2D eigenvalue weighted by molar-refractivity contribution is -0.385. The Kier molecular flexibility index (Phi) is 4.12. The van der Waals surface area contributed by atoms with E-state index in [1.54, 1.807) is 0 Å². The van der Waals surface area contributed by atoms with Crippen LogP contribution in [0, 0.1) is 17.0 Å². The molecule has 7 heteroatoms. The van der Waals surface area contributed by atoms with Crippen molar-refractivity contribution in [3.63, 3.8) is 0 Å². The minimum absolute atomic E-state index is 0.00309. The lowest BCUT2D eigenvalue weighted by Gasteiger charge is -2.07. The maximum absolute atomic E-state index is 10.8. The first-order valence-corrected chi connectivity index (χ1v) is 7.74. The lowest BCUT2D eigenvalue weighted by atomic mass is 10.2. The average Bonchev–Trinajstić information content (AvgIpc) is 2.91. The van der Waals surface area contributed by atoms with Crippen LogP contribution in [0.4, 0.5) is 5.69 Å². The van der Waals surface area contributed by atoms with Gasteiger partial charge < -0.3 is 4.57 Å². The second-order valence-electron chi connectivity index (χ2n) is 5.03. The van der Waals surface area contributed by atoms with Gasteiger partial charge in [0.25, 0.3) is 5.69 Å². The molecule has 0 aliphatic heterocycles. The van der Waals surface area contributed by atoms with Crippen LogP contribution in [0.2, 0.25) is 0 Å². The summed E-state index contributed by atoms with van der Waals surface area (Å²) in [5.74, 6) is 0. The van der Waals surface area contributed by atoms with E-state index in [-0.39, 0.29) is 5.69 Å². The molecule has 0 fully saturated rings. The quantitative estimate of drug-likeness (QED) is 0.538. The summed E-state index contributed by atoms with van der Waals surface area (Å²) in [4.78, 5) is 19.0. The van der Waals surface area contributed by atoms with Gasteiger partial charge in [0.05, 0.1) is 16.8 Å². The molecule has 116 valence electrons. The number of nitrogens with zero attached hydrogens (tertiary/aromatic N) is 4. The molecule has 0 radical (unpaired) electrons. The molecule has 6 nitrogen and oxygen atoms in total. The van der Waals surface area contributed by atoms with Crippen LogP contribution < -0.4 is 0 Å². The third kappa shape index (κ3) is 3.09.